The largest absolute Gasteiger partial charge is 0.501 e. The molecule has 0 saturated heterocycles. The molecule has 0 aliphatic carbocycles. The quantitative estimate of drug-likeness (QED) is 0.789. The van der Waals surface area contributed by atoms with Crippen LogP contribution in [-0.2, 0) is 23.4 Å². The second-order valence-corrected chi connectivity index (χ2v) is 6.78. The molecular formula is C19H23N3O6. The number of fused-ring (bicyclic) bond motifs is 1. The van der Waals surface area contributed by atoms with Crippen LogP contribution in [0.5, 0.6) is 17.2 Å². The Morgan fingerprint density at radius 2 is 2.11 bits per heavy atom. The highest BCUT2D eigenvalue weighted by atomic mass is 16.5. The first-order valence-corrected chi connectivity index (χ1v) is 8.76. The third-order valence-electron chi connectivity index (χ3n) is 4.60. The Morgan fingerprint density at radius 1 is 1.36 bits per heavy atom. The summed E-state index contributed by atoms with van der Waals surface area (Å²) in [5.74, 6) is -0.0462. The lowest BCUT2D eigenvalue weighted by molar-refractivity contribution is -0.0566. The van der Waals surface area contributed by atoms with Gasteiger partial charge in [0.1, 0.15) is 11.4 Å². The Bertz CT molecular complexity index is 967. The van der Waals surface area contributed by atoms with Gasteiger partial charge < -0.3 is 24.6 Å². The molecule has 9 nitrogen and oxygen atoms in total. The van der Waals surface area contributed by atoms with E-state index in [1.54, 1.807) is 32.0 Å². The van der Waals surface area contributed by atoms with Crippen LogP contribution in [0, 0.1) is 0 Å². The molecule has 1 aromatic carbocycles. The second kappa shape index (κ2) is 7.51. The maximum absolute atomic E-state index is 12.6. The molecule has 9 heteroatoms. The number of nitrogens with zero attached hydrogens (tertiary/aromatic N) is 2. The van der Waals surface area contributed by atoms with E-state index in [9.17, 15) is 14.7 Å². The van der Waals surface area contributed by atoms with Crippen molar-refractivity contribution in [3.05, 3.63) is 45.6 Å². The number of aromatic nitrogens is 2. The monoisotopic (exact) mass is 389 g/mol. The van der Waals surface area contributed by atoms with E-state index in [0.717, 1.165) is 0 Å². The van der Waals surface area contributed by atoms with Crippen molar-refractivity contribution in [1.82, 2.24) is 14.9 Å². The molecule has 0 spiro atoms. The van der Waals surface area contributed by atoms with E-state index in [-0.39, 0.29) is 18.8 Å². The summed E-state index contributed by atoms with van der Waals surface area (Å²) in [7, 11) is 3.02. The summed E-state index contributed by atoms with van der Waals surface area (Å²) in [6.07, 6.45) is 0. The molecule has 0 saturated carbocycles. The first-order valence-electron chi connectivity index (χ1n) is 8.76. The number of hydrogen-bond acceptors (Lipinski definition) is 7. The summed E-state index contributed by atoms with van der Waals surface area (Å²) in [4.78, 5) is 29.4. The summed E-state index contributed by atoms with van der Waals surface area (Å²) < 4.78 is 17.6. The number of carbonyl (C=O) groups is 1. The first kappa shape index (κ1) is 19.7. The number of benzene rings is 1. The van der Waals surface area contributed by atoms with E-state index in [2.05, 4.69) is 10.3 Å². The number of amides is 1. The third-order valence-corrected chi connectivity index (χ3v) is 4.60. The number of nitrogens with one attached hydrogen (secondary N) is 1. The second-order valence-electron chi connectivity index (χ2n) is 6.78. The molecular weight excluding hydrogens is 366 g/mol. The molecule has 0 atom stereocenters. The van der Waals surface area contributed by atoms with Gasteiger partial charge in [0.15, 0.2) is 17.2 Å². The smallest absolute Gasteiger partial charge is 0.296 e. The van der Waals surface area contributed by atoms with Gasteiger partial charge in [-0.25, -0.2) is 4.98 Å². The minimum absolute atomic E-state index is 0.0959. The van der Waals surface area contributed by atoms with E-state index in [1.807, 2.05) is 0 Å². The van der Waals surface area contributed by atoms with Gasteiger partial charge in [-0.1, -0.05) is 12.1 Å². The zero-order valence-corrected chi connectivity index (χ0v) is 16.2. The minimum atomic E-state index is -0.851. The van der Waals surface area contributed by atoms with Crippen molar-refractivity contribution < 1.29 is 24.1 Å². The van der Waals surface area contributed by atoms with E-state index in [0.29, 0.717) is 29.5 Å². The molecule has 1 aromatic heterocycles. The molecule has 2 heterocycles. The normalized spacial score (nSPS) is 14.9. The van der Waals surface area contributed by atoms with Gasteiger partial charge in [-0.2, -0.15) is 0 Å². The standard InChI is InChI=1S/C19H23N3O6/c1-19(2)18-21-13(14(23)17(25)22(18)8-9-28-19)16(24)20-10-11-6-5-7-12(26-3)15(11)27-4/h5-7,23H,8-10H2,1-4H3,(H,20,24). The molecule has 2 aromatic rings. The topological polar surface area (TPSA) is 112 Å². The van der Waals surface area contributed by atoms with Crippen molar-refractivity contribution in [2.75, 3.05) is 20.8 Å². The summed E-state index contributed by atoms with van der Waals surface area (Å²) in [5, 5.41) is 12.9. The lowest BCUT2D eigenvalue weighted by Crippen LogP contribution is -2.42. The van der Waals surface area contributed by atoms with Gasteiger partial charge in [-0.15, -0.1) is 0 Å². The molecule has 28 heavy (non-hydrogen) atoms. The summed E-state index contributed by atoms with van der Waals surface area (Å²) in [6.45, 7) is 4.19. The Balaban J connectivity index is 1.90. The highest BCUT2D eigenvalue weighted by molar-refractivity contribution is 5.94. The van der Waals surface area contributed by atoms with Gasteiger partial charge in [-0.05, 0) is 19.9 Å². The Hall–Kier alpha value is -3.07. The molecule has 1 aliphatic rings. The van der Waals surface area contributed by atoms with Gasteiger partial charge in [0.2, 0.25) is 5.75 Å². The average Bonchev–Trinajstić information content (AvgIpc) is 2.68. The molecule has 0 unspecified atom stereocenters. The number of ether oxygens (including phenoxy) is 3. The number of methoxy groups -OCH3 is 2. The van der Waals surface area contributed by atoms with Gasteiger partial charge in [0, 0.05) is 12.1 Å². The number of aromatic hydroxyl groups is 1. The first-order chi connectivity index (χ1) is 13.3. The van der Waals surface area contributed by atoms with Crippen LogP contribution >= 0.6 is 0 Å². The van der Waals surface area contributed by atoms with Crippen molar-refractivity contribution in [3.63, 3.8) is 0 Å². The highest BCUT2D eigenvalue weighted by Crippen LogP contribution is 2.31. The fourth-order valence-corrected chi connectivity index (χ4v) is 3.18. The Morgan fingerprint density at radius 3 is 2.79 bits per heavy atom. The van der Waals surface area contributed by atoms with Crippen molar-refractivity contribution in [2.45, 2.75) is 32.5 Å². The fraction of sp³-hybridized carbons (Fsp3) is 0.421. The van der Waals surface area contributed by atoms with Gasteiger partial charge in [0.05, 0.1) is 27.4 Å². The van der Waals surface area contributed by atoms with Gasteiger partial charge in [0.25, 0.3) is 11.5 Å². The molecule has 0 bridgehead atoms. The van der Waals surface area contributed by atoms with Crippen LogP contribution in [0.2, 0.25) is 0 Å². The van der Waals surface area contributed by atoms with Crippen LogP contribution in [0.25, 0.3) is 0 Å². The highest BCUT2D eigenvalue weighted by Gasteiger charge is 2.34. The van der Waals surface area contributed by atoms with Crippen molar-refractivity contribution in [2.24, 2.45) is 0 Å². The minimum Gasteiger partial charge on any atom is -0.501 e. The van der Waals surface area contributed by atoms with Crippen molar-refractivity contribution in [3.8, 4) is 17.2 Å². The van der Waals surface area contributed by atoms with E-state index in [4.69, 9.17) is 14.2 Å². The predicted octanol–water partition coefficient (Wildman–Crippen LogP) is 1.16. The van der Waals surface area contributed by atoms with Gasteiger partial charge in [-0.3, -0.25) is 14.2 Å². The molecule has 0 radical (unpaired) electrons. The van der Waals surface area contributed by atoms with Crippen LogP contribution in [0.3, 0.4) is 0 Å². The summed E-state index contributed by atoms with van der Waals surface area (Å²) in [5.41, 5.74) is -1.17. The molecule has 1 amide bonds. The van der Waals surface area contributed by atoms with Crippen LogP contribution in [0.4, 0.5) is 0 Å². The number of carbonyl (C=O) groups excluding carboxylic acids is 1. The lowest BCUT2D eigenvalue weighted by atomic mass is 10.1. The molecule has 3 rings (SSSR count). The number of hydrogen-bond donors (Lipinski definition) is 2. The molecule has 2 N–H and O–H groups in total. The maximum Gasteiger partial charge on any atom is 0.296 e. The van der Waals surface area contributed by atoms with E-state index >= 15 is 0 Å². The number of rotatable bonds is 5. The Labute approximate surface area is 161 Å². The van der Waals surface area contributed by atoms with Crippen molar-refractivity contribution in [1.29, 1.82) is 0 Å². The van der Waals surface area contributed by atoms with Gasteiger partial charge >= 0.3 is 0 Å². The lowest BCUT2D eigenvalue weighted by Gasteiger charge is -2.32. The predicted molar refractivity (Wildman–Crippen MR) is 99.9 cm³/mol. The van der Waals surface area contributed by atoms with Crippen LogP contribution in [0.15, 0.2) is 23.0 Å². The maximum atomic E-state index is 12.6. The van der Waals surface area contributed by atoms with Crippen LogP contribution < -0.4 is 20.3 Å². The average molecular weight is 389 g/mol. The van der Waals surface area contributed by atoms with E-state index in [1.165, 1.54) is 18.8 Å². The zero-order chi connectivity index (χ0) is 20.5. The van der Waals surface area contributed by atoms with Crippen LogP contribution in [-0.4, -0.2) is 41.4 Å². The summed E-state index contributed by atoms with van der Waals surface area (Å²) >= 11 is 0. The molecule has 150 valence electrons. The van der Waals surface area contributed by atoms with Crippen LogP contribution in [0.1, 0.15) is 35.7 Å². The Kier molecular flexibility index (Phi) is 5.28. The summed E-state index contributed by atoms with van der Waals surface area (Å²) in [6, 6.07) is 5.28. The number of para-hydroxylation sites is 1. The molecule has 1 aliphatic heterocycles. The zero-order valence-electron chi connectivity index (χ0n) is 16.2. The third kappa shape index (κ3) is 3.40. The van der Waals surface area contributed by atoms with Crippen molar-refractivity contribution >= 4 is 5.91 Å². The molecule has 0 fully saturated rings. The fourth-order valence-electron chi connectivity index (χ4n) is 3.18. The SMILES string of the molecule is COc1cccc(CNC(=O)c2nc3n(c(=O)c2O)CCOC3(C)C)c1OC. The van der Waals surface area contributed by atoms with E-state index < -0.39 is 22.8 Å².